The molecule has 0 atom stereocenters. The fourth-order valence-corrected chi connectivity index (χ4v) is 1.36. The van der Waals surface area contributed by atoms with E-state index >= 15 is 0 Å². The number of rotatable bonds is 4. The van der Waals surface area contributed by atoms with Crippen LogP contribution in [0.3, 0.4) is 0 Å². The smallest absolute Gasteiger partial charge is 0.376 e. The molecule has 6 nitrogen and oxygen atoms in total. The van der Waals surface area contributed by atoms with Crippen LogP contribution in [0.4, 0.5) is 24.5 Å². The van der Waals surface area contributed by atoms with Crippen LogP contribution in [0.25, 0.3) is 0 Å². The van der Waals surface area contributed by atoms with E-state index in [9.17, 15) is 28.1 Å². The van der Waals surface area contributed by atoms with Gasteiger partial charge >= 0.3 is 6.18 Å². The highest BCUT2D eigenvalue weighted by Gasteiger charge is 2.35. The van der Waals surface area contributed by atoms with E-state index in [0.717, 1.165) is 12.1 Å². The monoisotopic (exact) mass is 291 g/mol. The number of non-ortho nitro benzene ring substituents is 1. The van der Waals surface area contributed by atoms with Crippen LogP contribution in [0.2, 0.25) is 0 Å². The molecule has 20 heavy (non-hydrogen) atoms. The van der Waals surface area contributed by atoms with Crippen molar-refractivity contribution in [3.05, 3.63) is 33.9 Å². The highest BCUT2D eigenvalue weighted by molar-refractivity contribution is 5.80. The first-order chi connectivity index (χ1) is 9.12. The molecule has 0 aliphatic carbocycles. The van der Waals surface area contributed by atoms with Gasteiger partial charge in [-0.3, -0.25) is 14.9 Å². The van der Waals surface area contributed by atoms with Crippen molar-refractivity contribution in [2.45, 2.75) is 6.18 Å². The molecule has 0 saturated carbocycles. The van der Waals surface area contributed by atoms with Gasteiger partial charge < -0.3 is 10.2 Å². The molecule has 0 aromatic heterocycles. The van der Waals surface area contributed by atoms with E-state index in [0.29, 0.717) is 6.07 Å². The third-order valence-electron chi connectivity index (χ3n) is 2.45. The van der Waals surface area contributed by atoms with Gasteiger partial charge in [-0.25, -0.2) is 0 Å². The first kappa shape index (κ1) is 15.7. The summed E-state index contributed by atoms with van der Waals surface area (Å²) in [5, 5.41) is 12.8. The highest BCUT2D eigenvalue weighted by Crippen LogP contribution is 2.36. The Bertz CT molecular complexity index is 529. The maximum Gasteiger partial charge on any atom is 0.418 e. The molecule has 1 amide bonds. The van der Waals surface area contributed by atoms with E-state index < -0.39 is 28.3 Å². The topological polar surface area (TPSA) is 75.5 Å². The van der Waals surface area contributed by atoms with Crippen LogP contribution < -0.4 is 5.32 Å². The van der Waals surface area contributed by atoms with Crippen LogP contribution in [-0.4, -0.2) is 36.4 Å². The van der Waals surface area contributed by atoms with Gasteiger partial charge in [0, 0.05) is 31.9 Å². The molecule has 0 aliphatic rings. The van der Waals surface area contributed by atoms with Gasteiger partial charge in [0.15, 0.2) is 0 Å². The SMILES string of the molecule is CN(C)C(=O)CNc1ccc([N+](=O)[O-])cc1C(F)(F)F. The lowest BCUT2D eigenvalue weighted by atomic mass is 10.1. The summed E-state index contributed by atoms with van der Waals surface area (Å²) in [6, 6.07) is 2.31. The molecule has 0 unspecified atom stereocenters. The first-order valence-electron chi connectivity index (χ1n) is 5.42. The third-order valence-corrected chi connectivity index (χ3v) is 2.45. The molecular formula is C11H12F3N3O3. The number of nitro groups is 1. The molecule has 1 rings (SSSR count). The van der Waals surface area contributed by atoms with Gasteiger partial charge in [0.2, 0.25) is 5.91 Å². The summed E-state index contributed by atoms with van der Waals surface area (Å²) in [6.45, 7) is -0.339. The van der Waals surface area contributed by atoms with Crippen molar-refractivity contribution in [2.75, 3.05) is 26.0 Å². The maximum absolute atomic E-state index is 12.8. The zero-order valence-electron chi connectivity index (χ0n) is 10.7. The number of nitro benzene ring substituents is 1. The van der Waals surface area contributed by atoms with E-state index in [1.54, 1.807) is 0 Å². The average molecular weight is 291 g/mol. The lowest BCUT2D eigenvalue weighted by molar-refractivity contribution is -0.385. The van der Waals surface area contributed by atoms with E-state index in [-0.39, 0.29) is 12.2 Å². The van der Waals surface area contributed by atoms with Crippen LogP contribution in [0, 0.1) is 10.1 Å². The summed E-state index contributed by atoms with van der Waals surface area (Å²) < 4.78 is 38.5. The number of amides is 1. The molecule has 0 fully saturated rings. The lowest BCUT2D eigenvalue weighted by Gasteiger charge is -2.16. The number of hydrogen-bond donors (Lipinski definition) is 1. The van der Waals surface area contributed by atoms with Crippen LogP contribution in [-0.2, 0) is 11.0 Å². The first-order valence-corrected chi connectivity index (χ1v) is 5.42. The molecule has 9 heteroatoms. The summed E-state index contributed by atoms with van der Waals surface area (Å²) >= 11 is 0. The molecule has 0 spiro atoms. The fourth-order valence-electron chi connectivity index (χ4n) is 1.36. The predicted octanol–water partition coefficient (Wildman–Crippen LogP) is 2.11. The predicted molar refractivity (Wildman–Crippen MR) is 65.3 cm³/mol. The van der Waals surface area contributed by atoms with Crippen molar-refractivity contribution in [3.63, 3.8) is 0 Å². The summed E-state index contributed by atoms with van der Waals surface area (Å²) in [5.41, 5.74) is -2.22. The minimum atomic E-state index is -4.75. The normalized spacial score (nSPS) is 11.1. The van der Waals surface area contributed by atoms with Crippen molar-refractivity contribution in [1.82, 2.24) is 4.90 Å². The summed E-state index contributed by atoms with van der Waals surface area (Å²) in [4.78, 5) is 22.1. The quantitative estimate of drug-likeness (QED) is 0.681. The molecule has 0 radical (unpaired) electrons. The molecule has 1 aromatic carbocycles. The number of hydrogen-bond acceptors (Lipinski definition) is 4. The summed E-state index contributed by atoms with van der Waals surface area (Å²) in [7, 11) is 2.93. The number of alkyl halides is 3. The second-order valence-corrected chi connectivity index (χ2v) is 4.13. The minimum absolute atomic E-state index is 0.339. The second kappa shape index (κ2) is 5.76. The van der Waals surface area contributed by atoms with E-state index in [4.69, 9.17) is 0 Å². The third kappa shape index (κ3) is 3.84. The molecule has 110 valence electrons. The zero-order chi connectivity index (χ0) is 15.5. The Balaban J connectivity index is 3.07. The number of carbonyl (C=O) groups excluding carboxylic acids is 1. The number of nitrogens with zero attached hydrogens (tertiary/aromatic N) is 2. The molecule has 0 heterocycles. The van der Waals surface area contributed by atoms with Gasteiger partial charge in [-0.1, -0.05) is 0 Å². The van der Waals surface area contributed by atoms with Gasteiger partial charge in [-0.05, 0) is 6.07 Å². The van der Waals surface area contributed by atoms with Crippen molar-refractivity contribution in [2.24, 2.45) is 0 Å². The second-order valence-electron chi connectivity index (χ2n) is 4.13. The Kier molecular flexibility index (Phi) is 4.53. The summed E-state index contributed by atoms with van der Waals surface area (Å²) in [5.74, 6) is -0.420. The number of carbonyl (C=O) groups is 1. The van der Waals surface area contributed by atoms with Gasteiger partial charge in [-0.2, -0.15) is 13.2 Å². The highest BCUT2D eigenvalue weighted by atomic mass is 19.4. The average Bonchev–Trinajstić information content (AvgIpc) is 2.34. The van der Waals surface area contributed by atoms with Gasteiger partial charge in [-0.15, -0.1) is 0 Å². The van der Waals surface area contributed by atoms with Crippen molar-refractivity contribution < 1.29 is 22.9 Å². The Morgan fingerprint density at radius 3 is 2.45 bits per heavy atom. The Hall–Kier alpha value is -2.32. The van der Waals surface area contributed by atoms with Gasteiger partial charge in [0.25, 0.3) is 5.69 Å². The Morgan fingerprint density at radius 2 is 2.00 bits per heavy atom. The molecular weight excluding hydrogens is 279 g/mol. The van der Waals surface area contributed by atoms with E-state index in [1.807, 2.05) is 0 Å². The fraction of sp³-hybridized carbons (Fsp3) is 0.364. The number of benzene rings is 1. The van der Waals surface area contributed by atoms with Gasteiger partial charge in [0.1, 0.15) is 0 Å². The molecule has 0 bridgehead atoms. The number of nitrogens with one attached hydrogen (secondary N) is 1. The molecule has 1 aromatic rings. The Labute approximate surface area is 112 Å². The van der Waals surface area contributed by atoms with Gasteiger partial charge in [0.05, 0.1) is 17.0 Å². The van der Waals surface area contributed by atoms with Crippen LogP contribution in [0.15, 0.2) is 18.2 Å². The number of likely N-dealkylation sites (N-methyl/N-ethyl adjacent to an activating group) is 1. The number of halogens is 3. The zero-order valence-corrected chi connectivity index (χ0v) is 10.7. The summed E-state index contributed by atoms with van der Waals surface area (Å²) in [6.07, 6.45) is -4.75. The Morgan fingerprint density at radius 1 is 1.40 bits per heavy atom. The van der Waals surface area contributed by atoms with E-state index in [1.165, 1.54) is 19.0 Å². The van der Waals surface area contributed by atoms with Crippen molar-refractivity contribution in [3.8, 4) is 0 Å². The van der Waals surface area contributed by atoms with Crippen LogP contribution >= 0.6 is 0 Å². The molecule has 0 aliphatic heterocycles. The van der Waals surface area contributed by atoms with Crippen molar-refractivity contribution in [1.29, 1.82) is 0 Å². The standard InChI is InChI=1S/C11H12F3N3O3/c1-16(2)10(18)6-15-9-4-3-7(17(19)20)5-8(9)11(12,13)14/h3-5,15H,6H2,1-2H3. The maximum atomic E-state index is 12.8. The van der Waals surface area contributed by atoms with Crippen LogP contribution in [0.5, 0.6) is 0 Å². The van der Waals surface area contributed by atoms with Crippen molar-refractivity contribution >= 4 is 17.3 Å². The van der Waals surface area contributed by atoms with E-state index in [2.05, 4.69) is 5.32 Å². The largest absolute Gasteiger partial charge is 0.418 e. The molecule has 0 saturated heterocycles. The minimum Gasteiger partial charge on any atom is -0.376 e. The molecule has 1 N–H and O–H groups in total. The van der Waals surface area contributed by atoms with Crippen LogP contribution in [0.1, 0.15) is 5.56 Å². The number of anilines is 1. The lowest BCUT2D eigenvalue weighted by Crippen LogP contribution is -2.29.